The average Bonchev–Trinajstić information content (AvgIpc) is 2.37. The number of hydrogen-bond donors (Lipinski definition) is 1. The van der Waals surface area contributed by atoms with Crippen molar-refractivity contribution in [3.8, 4) is 16.9 Å². The molecule has 7 nitrogen and oxygen atoms in total. The summed E-state index contributed by atoms with van der Waals surface area (Å²) in [6.45, 7) is 0. The lowest BCUT2D eigenvalue weighted by Gasteiger charge is -2.05. The Morgan fingerprint density at radius 1 is 0.842 bits per heavy atom. The van der Waals surface area contributed by atoms with E-state index >= 15 is 0 Å². The molecule has 0 aromatic heterocycles. The Hall–Kier alpha value is -2.96. The predicted molar refractivity (Wildman–Crippen MR) is 66.9 cm³/mol. The van der Waals surface area contributed by atoms with Gasteiger partial charge in [-0.3, -0.25) is 20.2 Å². The van der Waals surface area contributed by atoms with E-state index < -0.39 is 21.3 Å². The van der Waals surface area contributed by atoms with Gasteiger partial charge in [0.2, 0.25) is 0 Å². The summed E-state index contributed by atoms with van der Waals surface area (Å²) >= 11 is 0. The van der Waals surface area contributed by atoms with E-state index in [-0.39, 0.29) is 16.8 Å². The molecule has 0 aliphatic heterocycles. The molecule has 96 valence electrons. The van der Waals surface area contributed by atoms with E-state index in [1.54, 1.807) is 0 Å². The zero-order valence-electron chi connectivity index (χ0n) is 9.52. The maximum absolute atomic E-state index is 11.0. The summed E-state index contributed by atoms with van der Waals surface area (Å²) in [5.74, 6) is -0.527. The van der Waals surface area contributed by atoms with Crippen LogP contribution in [-0.4, -0.2) is 15.0 Å². The second kappa shape index (κ2) is 4.73. The van der Waals surface area contributed by atoms with Crippen LogP contribution in [0.1, 0.15) is 0 Å². The average molecular weight is 260 g/mol. The normalized spacial score (nSPS) is 10.1. The number of phenolic OH excluding ortho intramolecular Hbond substituents is 1. The Balaban J connectivity index is 2.76. The third-order valence-corrected chi connectivity index (χ3v) is 2.59. The molecule has 1 N–H and O–H groups in total. The molecule has 0 bridgehead atoms. The molecule has 2 aromatic carbocycles. The van der Waals surface area contributed by atoms with Crippen molar-refractivity contribution in [2.75, 3.05) is 0 Å². The predicted octanol–water partition coefficient (Wildman–Crippen LogP) is 2.88. The molecule has 0 radical (unpaired) electrons. The summed E-state index contributed by atoms with van der Waals surface area (Å²) in [6, 6.07) is 9.58. The number of hydrogen-bond acceptors (Lipinski definition) is 5. The van der Waals surface area contributed by atoms with Crippen molar-refractivity contribution in [2.45, 2.75) is 0 Å². The summed E-state index contributed by atoms with van der Waals surface area (Å²) < 4.78 is 0. The number of nitro benzene ring substituents is 2. The molecule has 0 spiro atoms. The lowest BCUT2D eigenvalue weighted by Crippen LogP contribution is -1.96. The highest BCUT2D eigenvalue weighted by Crippen LogP contribution is 2.40. The number of nitrogens with zero attached hydrogens (tertiary/aromatic N) is 2. The molecule has 7 heteroatoms. The van der Waals surface area contributed by atoms with Crippen LogP contribution in [0.15, 0.2) is 42.5 Å². The van der Waals surface area contributed by atoms with Gasteiger partial charge in [0.05, 0.1) is 21.0 Å². The Kier molecular flexibility index (Phi) is 3.11. The van der Waals surface area contributed by atoms with E-state index in [2.05, 4.69) is 0 Å². The van der Waals surface area contributed by atoms with Gasteiger partial charge >= 0.3 is 5.69 Å². The Bertz CT molecular complexity index is 669. The lowest BCUT2D eigenvalue weighted by molar-refractivity contribution is -0.387. The fourth-order valence-corrected chi connectivity index (χ4v) is 1.80. The number of benzene rings is 2. The van der Waals surface area contributed by atoms with Gasteiger partial charge in [-0.25, -0.2) is 0 Å². The SMILES string of the molecule is O=[N+]([O-])c1ccccc1-c1cccc(O)c1[N+](=O)[O-]. The zero-order chi connectivity index (χ0) is 14.0. The highest BCUT2D eigenvalue weighted by Gasteiger charge is 2.25. The van der Waals surface area contributed by atoms with Crippen LogP contribution < -0.4 is 0 Å². The van der Waals surface area contributed by atoms with Crippen LogP contribution >= 0.6 is 0 Å². The van der Waals surface area contributed by atoms with Crippen LogP contribution in [0.5, 0.6) is 5.75 Å². The van der Waals surface area contributed by atoms with Gasteiger partial charge in [-0.2, -0.15) is 0 Å². The van der Waals surface area contributed by atoms with Gasteiger partial charge < -0.3 is 5.11 Å². The molecule has 0 heterocycles. The highest BCUT2D eigenvalue weighted by molar-refractivity contribution is 5.82. The van der Waals surface area contributed by atoms with Crippen molar-refractivity contribution in [3.05, 3.63) is 62.7 Å². The largest absolute Gasteiger partial charge is 0.502 e. The van der Waals surface area contributed by atoms with Crippen molar-refractivity contribution in [3.63, 3.8) is 0 Å². The van der Waals surface area contributed by atoms with Crippen LogP contribution in [0.2, 0.25) is 0 Å². The topological polar surface area (TPSA) is 107 Å². The van der Waals surface area contributed by atoms with E-state index in [0.717, 1.165) is 6.07 Å². The van der Waals surface area contributed by atoms with E-state index in [4.69, 9.17) is 0 Å². The number of phenols is 1. The molecule has 0 fully saturated rings. The Morgan fingerprint density at radius 2 is 1.47 bits per heavy atom. The summed E-state index contributed by atoms with van der Waals surface area (Å²) in [4.78, 5) is 20.5. The van der Waals surface area contributed by atoms with Crippen molar-refractivity contribution >= 4 is 11.4 Å². The second-order valence-corrected chi connectivity index (χ2v) is 3.70. The van der Waals surface area contributed by atoms with Crippen molar-refractivity contribution in [1.29, 1.82) is 0 Å². The first-order valence-corrected chi connectivity index (χ1v) is 5.22. The minimum atomic E-state index is -0.763. The van der Waals surface area contributed by atoms with Gasteiger partial charge in [-0.15, -0.1) is 0 Å². The van der Waals surface area contributed by atoms with Crippen LogP contribution in [0.3, 0.4) is 0 Å². The van der Waals surface area contributed by atoms with Gasteiger partial charge in [-0.1, -0.05) is 18.2 Å². The maximum Gasteiger partial charge on any atom is 0.318 e. The third kappa shape index (κ3) is 2.21. The quantitative estimate of drug-likeness (QED) is 0.674. The molecule has 19 heavy (non-hydrogen) atoms. The van der Waals surface area contributed by atoms with Crippen molar-refractivity contribution in [1.82, 2.24) is 0 Å². The Labute approximate surface area is 107 Å². The number of aromatic hydroxyl groups is 1. The highest BCUT2D eigenvalue weighted by atomic mass is 16.6. The standard InChI is InChI=1S/C12H8N2O5/c15-11-7-3-5-9(12(11)14(18)19)8-4-1-2-6-10(8)13(16)17/h1-7,15H. The summed E-state index contributed by atoms with van der Waals surface area (Å²) in [6.07, 6.45) is 0. The monoisotopic (exact) mass is 260 g/mol. The number of para-hydroxylation sites is 2. The fraction of sp³-hybridized carbons (Fsp3) is 0. The molecule has 2 aromatic rings. The molecule has 0 aliphatic carbocycles. The van der Waals surface area contributed by atoms with Crippen LogP contribution in [0.4, 0.5) is 11.4 Å². The van der Waals surface area contributed by atoms with Gasteiger partial charge in [0, 0.05) is 6.07 Å². The molecular weight excluding hydrogens is 252 g/mol. The fourth-order valence-electron chi connectivity index (χ4n) is 1.80. The first-order chi connectivity index (χ1) is 9.02. The van der Waals surface area contributed by atoms with Gasteiger partial charge in [0.15, 0.2) is 5.75 Å². The number of rotatable bonds is 3. The summed E-state index contributed by atoms with van der Waals surface area (Å²) in [7, 11) is 0. The van der Waals surface area contributed by atoms with E-state index in [1.807, 2.05) is 0 Å². The van der Waals surface area contributed by atoms with Crippen LogP contribution in [-0.2, 0) is 0 Å². The minimum Gasteiger partial charge on any atom is -0.502 e. The van der Waals surface area contributed by atoms with Gasteiger partial charge in [0.25, 0.3) is 5.69 Å². The van der Waals surface area contributed by atoms with Crippen LogP contribution in [0.25, 0.3) is 11.1 Å². The van der Waals surface area contributed by atoms with Gasteiger partial charge in [-0.05, 0) is 18.2 Å². The molecule has 0 amide bonds. The molecule has 0 unspecified atom stereocenters. The summed E-state index contributed by atoms with van der Waals surface area (Å²) in [5, 5.41) is 31.4. The van der Waals surface area contributed by atoms with Crippen LogP contribution in [0, 0.1) is 20.2 Å². The van der Waals surface area contributed by atoms with E-state index in [1.165, 1.54) is 36.4 Å². The molecule has 0 saturated carbocycles. The number of nitro groups is 2. The smallest absolute Gasteiger partial charge is 0.318 e. The second-order valence-electron chi connectivity index (χ2n) is 3.70. The first kappa shape index (κ1) is 12.5. The Morgan fingerprint density at radius 3 is 2.11 bits per heavy atom. The molecule has 0 aliphatic rings. The summed E-state index contributed by atoms with van der Waals surface area (Å²) in [5.41, 5.74) is -0.694. The molecule has 0 saturated heterocycles. The molecule has 0 atom stereocenters. The third-order valence-electron chi connectivity index (χ3n) is 2.59. The van der Waals surface area contributed by atoms with Crippen molar-refractivity contribution in [2.24, 2.45) is 0 Å². The lowest BCUT2D eigenvalue weighted by atomic mass is 10.0. The van der Waals surface area contributed by atoms with Crippen molar-refractivity contribution < 1.29 is 15.0 Å². The van der Waals surface area contributed by atoms with E-state index in [0.29, 0.717) is 0 Å². The first-order valence-electron chi connectivity index (χ1n) is 5.22. The van der Waals surface area contributed by atoms with E-state index in [9.17, 15) is 25.3 Å². The molecule has 2 rings (SSSR count). The minimum absolute atomic E-state index is 0.0114. The molecular formula is C12H8N2O5. The maximum atomic E-state index is 11.0. The van der Waals surface area contributed by atoms with Gasteiger partial charge in [0.1, 0.15) is 0 Å². The zero-order valence-corrected chi connectivity index (χ0v) is 9.52.